The number of nitrogens with zero attached hydrogens (tertiary/aromatic N) is 2. The molecule has 21 heavy (non-hydrogen) atoms. The van der Waals surface area contributed by atoms with Crippen LogP contribution in [0.1, 0.15) is 23.1 Å². The second kappa shape index (κ2) is 5.97. The van der Waals surface area contributed by atoms with E-state index in [-0.39, 0.29) is 17.5 Å². The van der Waals surface area contributed by atoms with Crippen molar-refractivity contribution in [3.63, 3.8) is 0 Å². The van der Waals surface area contributed by atoms with Crippen molar-refractivity contribution < 1.29 is 9.59 Å². The lowest BCUT2D eigenvalue weighted by Crippen LogP contribution is -2.13. The molecule has 110 valence electrons. The van der Waals surface area contributed by atoms with Gasteiger partial charge in [-0.15, -0.1) is 0 Å². The highest BCUT2D eigenvalue weighted by atomic mass is 35.5. The number of amides is 2. The third kappa shape index (κ3) is 3.41. The molecule has 6 nitrogen and oxygen atoms in total. The van der Waals surface area contributed by atoms with Gasteiger partial charge >= 0.3 is 0 Å². The summed E-state index contributed by atoms with van der Waals surface area (Å²) in [5.74, 6) is -0.529. The number of anilines is 2. The second-order valence-corrected chi connectivity index (χ2v) is 4.96. The number of hydrogen-bond acceptors (Lipinski definition) is 3. The molecule has 0 aliphatic heterocycles. The number of carbonyl (C=O) groups is 2. The summed E-state index contributed by atoms with van der Waals surface area (Å²) < 4.78 is 1.55. The molecular formula is C14H15ClN4O2. The van der Waals surface area contributed by atoms with Crippen LogP contribution in [0.2, 0.25) is 5.02 Å². The van der Waals surface area contributed by atoms with Crippen molar-refractivity contribution in [3.05, 3.63) is 40.7 Å². The lowest BCUT2D eigenvalue weighted by Gasteiger charge is -2.06. The summed E-state index contributed by atoms with van der Waals surface area (Å²) in [7, 11) is 1.72. The second-order valence-electron chi connectivity index (χ2n) is 4.58. The fraction of sp³-hybridized carbons (Fsp3) is 0.214. The average Bonchev–Trinajstić information content (AvgIpc) is 2.68. The molecule has 2 N–H and O–H groups in total. The van der Waals surface area contributed by atoms with E-state index in [1.807, 2.05) is 0 Å². The van der Waals surface area contributed by atoms with E-state index in [0.717, 1.165) is 5.69 Å². The molecule has 2 amide bonds. The minimum Gasteiger partial charge on any atom is -0.326 e. The first kappa shape index (κ1) is 15.1. The van der Waals surface area contributed by atoms with E-state index in [9.17, 15) is 9.59 Å². The van der Waals surface area contributed by atoms with Crippen LogP contribution in [0.15, 0.2) is 24.3 Å². The molecule has 2 rings (SSSR count). The first-order valence-electron chi connectivity index (χ1n) is 6.26. The van der Waals surface area contributed by atoms with Crippen LogP contribution in [0.5, 0.6) is 0 Å². The third-order valence-electron chi connectivity index (χ3n) is 2.94. The standard InChI is InChI=1S/C14H15ClN4O2/c1-8-12(15)13(18-19(8)3)14(21)17-11-6-4-10(5-7-11)16-9(2)20/h4-7H,1-3H3,(H,16,20)(H,17,21). The number of rotatable bonds is 3. The normalized spacial score (nSPS) is 10.3. The van der Waals surface area contributed by atoms with Crippen LogP contribution in [-0.4, -0.2) is 21.6 Å². The number of carbonyl (C=O) groups excluding carboxylic acids is 2. The summed E-state index contributed by atoms with van der Waals surface area (Å²) in [6, 6.07) is 6.77. The summed E-state index contributed by atoms with van der Waals surface area (Å²) in [5.41, 5.74) is 2.16. The van der Waals surface area contributed by atoms with Gasteiger partial charge in [0.15, 0.2) is 5.69 Å². The van der Waals surface area contributed by atoms with Crippen molar-refractivity contribution in [1.29, 1.82) is 0 Å². The Labute approximate surface area is 127 Å². The Kier molecular flexibility index (Phi) is 4.28. The van der Waals surface area contributed by atoms with Crippen LogP contribution in [0, 0.1) is 6.92 Å². The number of halogens is 1. The van der Waals surface area contributed by atoms with Gasteiger partial charge in [-0.2, -0.15) is 5.10 Å². The monoisotopic (exact) mass is 306 g/mol. The van der Waals surface area contributed by atoms with Gasteiger partial charge in [-0.1, -0.05) is 11.6 Å². The largest absolute Gasteiger partial charge is 0.326 e. The molecule has 1 heterocycles. The van der Waals surface area contributed by atoms with Crippen LogP contribution in [0.25, 0.3) is 0 Å². The molecule has 0 saturated heterocycles. The van der Waals surface area contributed by atoms with Gasteiger partial charge in [0.05, 0.1) is 10.7 Å². The Morgan fingerprint density at radius 3 is 2.10 bits per heavy atom. The molecule has 7 heteroatoms. The van der Waals surface area contributed by atoms with Crippen LogP contribution in [0.3, 0.4) is 0 Å². The SMILES string of the molecule is CC(=O)Nc1ccc(NC(=O)c2nn(C)c(C)c2Cl)cc1. The van der Waals surface area contributed by atoms with Crippen molar-refractivity contribution in [2.75, 3.05) is 10.6 Å². The van der Waals surface area contributed by atoms with Gasteiger partial charge in [-0.3, -0.25) is 14.3 Å². The number of aryl methyl sites for hydroxylation is 1. The van der Waals surface area contributed by atoms with Crippen LogP contribution in [-0.2, 0) is 11.8 Å². The Morgan fingerprint density at radius 2 is 1.67 bits per heavy atom. The first-order chi connectivity index (χ1) is 9.88. The zero-order valence-corrected chi connectivity index (χ0v) is 12.7. The molecule has 0 atom stereocenters. The summed E-state index contributed by atoms with van der Waals surface area (Å²) >= 11 is 6.07. The molecule has 2 aromatic rings. The number of benzene rings is 1. The van der Waals surface area contributed by atoms with E-state index in [4.69, 9.17) is 11.6 Å². The summed E-state index contributed by atoms with van der Waals surface area (Å²) in [6.45, 7) is 3.22. The van der Waals surface area contributed by atoms with Gasteiger partial charge in [-0.05, 0) is 31.2 Å². The number of hydrogen-bond donors (Lipinski definition) is 2. The van der Waals surface area contributed by atoms with Gasteiger partial charge in [0.1, 0.15) is 0 Å². The van der Waals surface area contributed by atoms with E-state index in [2.05, 4.69) is 15.7 Å². The van der Waals surface area contributed by atoms with Crippen LogP contribution in [0.4, 0.5) is 11.4 Å². The lowest BCUT2D eigenvalue weighted by molar-refractivity contribution is -0.114. The van der Waals surface area contributed by atoms with Gasteiger partial charge < -0.3 is 10.6 Å². The first-order valence-corrected chi connectivity index (χ1v) is 6.64. The molecule has 1 aromatic heterocycles. The highest BCUT2D eigenvalue weighted by Crippen LogP contribution is 2.21. The molecule has 0 fully saturated rings. The molecule has 1 aromatic carbocycles. The van der Waals surface area contributed by atoms with Crippen molar-refractivity contribution in [1.82, 2.24) is 9.78 Å². The molecule has 0 aliphatic carbocycles. The van der Waals surface area contributed by atoms with E-state index < -0.39 is 0 Å². The number of nitrogens with one attached hydrogen (secondary N) is 2. The van der Waals surface area contributed by atoms with Crippen LogP contribution < -0.4 is 10.6 Å². The lowest BCUT2D eigenvalue weighted by atomic mass is 10.2. The van der Waals surface area contributed by atoms with Crippen molar-refractivity contribution in [2.24, 2.45) is 7.05 Å². The predicted octanol–water partition coefficient (Wildman–Crippen LogP) is 2.59. The Morgan fingerprint density at radius 1 is 1.14 bits per heavy atom. The van der Waals surface area contributed by atoms with E-state index in [1.165, 1.54) is 6.92 Å². The summed E-state index contributed by atoms with van der Waals surface area (Å²) in [6.07, 6.45) is 0. The highest BCUT2D eigenvalue weighted by molar-refractivity contribution is 6.34. The van der Waals surface area contributed by atoms with Crippen molar-refractivity contribution >= 4 is 34.8 Å². The molecule has 0 unspecified atom stereocenters. The maximum absolute atomic E-state index is 12.1. The van der Waals surface area contributed by atoms with E-state index in [1.54, 1.807) is 42.9 Å². The molecule has 0 bridgehead atoms. The molecule has 0 radical (unpaired) electrons. The van der Waals surface area contributed by atoms with Gasteiger partial charge in [0, 0.05) is 25.3 Å². The third-order valence-corrected chi connectivity index (χ3v) is 3.39. The zero-order valence-electron chi connectivity index (χ0n) is 11.9. The Balaban J connectivity index is 2.12. The van der Waals surface area contributed by atoms with Crippen molar-refractivity contribution in [3.8, 4) is 0 Å². The zero-order chi connectivity index (χ0) is 15.6. The topological polar surface area (TPSA) is 76.0 Å². The fourth-order valence-corrected chi connectivity index (χ4v) is 2.00. The Hall–Kier alpha value is -2.34. The van der Waals surface area contributed by atoms with Crippen LogP contribution >= 0.6 is 11.6 Å². The van der Waals surface area contributed by atoms with Gasteiger partial charge in [0.25, 0.3) is 5.91 Å². The average molecular weight is 307 g/mol. The molecule has 0 saturated carbocycles. The molecular weight excluding hydrogens is 292 g/mol. The molecule has 0 aliphatic rings. The molecule has 0 spiro atoms. The van der Waals surface area contributed by atoms with E-state index >= 15 is 0 Å². The quantitative estimate of drug-likeness (QED) is 0.915. The maximum Gasteiger partial charge on any atom is 0.277 e. The maximum atomic E-state index is 12.1. The van der Waals surface area contributed by atoms with Gasteiger partial charge in [-0.25, -0.2) is 0 Å². The smallest absolute Gasteiger partial charge is 0.277 e. The highest BCUT2D eigenvalue weighted by Gasteiger charge is 2.18. The minimum absolute atomic E-state index is 0.150. The van der Waals surface area contributed by atoms with Crippen molar-refractivity contribution in [2.45, 2.75) is 13.8 Å². The minimum atomic E-state index is -0.379. The predicted molar refractivity (Wildman–Crippen MR) is 81.7 cm³/mol. The van der Waals surface area contributed by atoms with E-state index in [0.29, 0.717) is 16.4 Å². The summed E-state index contributed by atoms with van der Waals surface area (Å²) in [5, 5.41) is 9.77. The van der Waals surface area contributed by atoms with Gasteiger partial charge in [0.2, 0.25) is 5.91 Å². The Bertz CT molecular complexity index is 692. The fourth-order valence-electron chi connectivity index (χ4n) is 1.76. The number of aromatic nitrogens is 2. The summed E-state index contributed by atoms with van der Waals surface area (Å²) in [4.78, 5) is 23.0.